The highest BCUT2D eigenvalue weighted by Gasteiger charge is 2.30. The highest BCUT2D eigenvalue weighted by Crippen LogP contribution is 2.24. The number of nitrogens with two attached hydrogens (primary N) is 1. The van der Waals surface area contributed by atoms with Crippen molar-refractivity contribution in [2.75, 3.05) is 5.73 Å². The monoisotopic (exact) mass is 276 g/mol. The highest BCUT2D eigenvalue weighted by atomic mass is 16.2. The van der Waals surface area contributed by atoms with Crippen LogP contribution in [0.3, 0.4) is 0 Å². The second kappa shape index (κ2) is 7.32. The Kier molecular flexibility index (Phi) is 6.05. The smallest absolute Gasteiger partial charge is 0.230 e. The number of anilines is 1. The Hall–Kier alpha value is -1.51. The molecule has 0 aliphatic heterocycles. The van der Waals surface area contributed by atoms with Gasteiger partial charge in [-0.2, -0.15) is 0 Å². The molecule has 0 saturated carbocycles. The number of benzene rings is 1. The summed E-state index contributed by atoms with van der Waals surface area (Å²) < 4.78 is 0. The maximum absolute atomic E-state index is 12.5. The van der Waals surface area contributed by atoms with E-state index < -0.39 is 5.41 Å². The van der Waals surface area contributed by atoms with E-state index in [9.17, 15) is 4.79 Å². The molecule has 1 unspecified atom stereocenters. The molecular weight excluding hydrogens is 248 g/mol. The summed E-state index contributed by atoms with van der Waals surface area (Å²) in [6.45, 7) is 8.17. The van der Waals surface area contributed by atoms with Gasteiger partial charge in [-0.05, 0) is 44.9 Å². The van der Waals surface area contributed by atoms with Crippen LogP contribution in [0.5, 0.6) is 0 Å². The van der Waals surface area contributed by atoms with Crippen LogP contribution in [0.1, 0.15) is 58.9 Å². The van der Waals surface area contributed by atoms with Gasteiger partial charge in [0, 0.05) is 11.7 Å². The summed E-state index contributed by atoms with van der Waals surface area (Å²) in [7, 11) is 0. The lowest BCUT2D eigenvalue weighted by atomic mass is 9.83. The first-order valence-corrected chi connectivity index (χ1v) is 7.55. The summed E-state index contributed by atoms with van der Waals surface area (Å²) in [4.78, 5) is 12.5. The molecule has 0 fully saturated rings. The zero-order chi connectivity index (χ0) is 15.2. The predicted molar refractivity (Wildman–Crippen MR) is 85.6 cm³/mol. The minimum Gasteiger partial charge on any atom is -0.399 e. The van der Waals surface area contributed by atoms with Crippen LogP contribution in [0.25, 0.3) is 0 Å². The Morgan fingerprint density at radius 1 is 1.25 bits per heavy atom. The minimum atomic E-state index is -0.535. The lowest BCUT2D eigenvalue weighted by Gasteiger charge is -2.26. The predicted octanol–water partition coefficient (Wildman–Crippen LogP) is 3.63. The van der Waals surface area contributed by atoms with Gasteiger partial charge in [0.1, 0.15) is 0 Å². The second-order valence-corrected chi connectivity index (χ2v) is 6.12. The van der Waals surface area contributed by atoms with Gasteiger partial charge in [-0.25, -0.2) is 0 Å². The number of amides is 1. The quantitative estimate of drug-likeness (QED) is 0.590. The Labute approximate surface area is 122 Å². The third kappa shape index (κ3) is 4.55. The van der Waals surface area contributed by atoms with E-state index in [1.54, 1.807) is 0 Å². The SMILES string of the molecule is CCCCCC(C)NC(=O)C(C)(C)c1ccc(N)cc1. The fourth-order valence-electron chi connectivity index (χ4n) is 2.21. The molecule has 112 valence electrons. The molecule has 0 saturated heterocycles. The standard InChI is InChI=1S/C17H28N2O/c1-5-6-7-8-13(2)19-16(20)17(3,4)14-9-11-15(18)12-10-14/h9-13H,5-8,18H2,1-4H3,(H,19,20). The van der Waals surface area contributed by atoms with Gasteiger partial charge in [0.2, 0.25) is 5.91 Å². The van der Waals surface area contributed by atoms with Gasteiger partial charge in [-0.1, -0.05) is 38.3 Å². The van der Waals surface area contributed by atoms with Gasteiger partial charge >= 0.3 is 0 Å². The molecule has 3 heteroatoms. The van der Waals surface area contributed by atoms with E-state index in [0.29, 0.717) is 0 Å². The number of nitrogen functional groups attached to an aromatic ring is 1. The van der Waals surface area contributed by atoms with Crippen LogP contribution >= 0.6 is 0 Å². The molecule has 0 radical (unpaired) electrons. The van der Waals surface area contributed by atoms with Crippen molar-refractivity contribution < 1.29 is 4.79 Å². The molecule has 1 aromatic rings. The van der Waals surface area contributed by atoms with Crippen molar-refractivity contribution in [2.24, 2.45) is 0 Å². The molecule has 0 aliphatic rings. The fourth-order valence-corrected chi connectivity index (χ4v) is 2.21. The largest absolute Gasteiger partial charge is 0.399 e. The van der Waals surface area contributed by atoms with Crippen molar-refractivity contribution >= 4 is 11.6 Å². The summed E-state index contributed by atoms with van der Waals surface area (Å²) in [6.07, 6.45) is 4.64. The molecule has 1 rings (SSSR count). The molecule has 0 aromatic heterocycles. The first-order valence-electron chi connectivity index (χ1n) is 7.55. The molecule has 3 nitrogen and oxygen atoms in total. The fraction of sp³-hybridized carbons (Fsp3) is 0.588. The number of carbonyl (C=O) groups is 1. The number of unbranched alkanes of at least 4 members (excludes halogenated alkanes) is 2. The first-order chi connectivity index (χ1) is 9.37. The third-order valence-corrected chi connectivity index (χ3v) is 3.82. The topological polar surface area (TPSA) is 55.1 Å². The van der Waals surface area contributed by atoms with Gasteiger partial charge in [-0.15, -0.1) is 0 Å². The van der Waals surface area contributed by atoms with E-state index in [4.69, 9.17) is 5.73 Å². The molecule has 0 heterocycles. The van der Waals surface area contributed by atoms with Crippen molar-refractivity contribution in [1.82, 2.24) is 5.32 Å². The number of hydrogen-bond acceptors (Lipinski definition) is 2. The number of hydrogen-bond donors (Lipinski definition) is 2. The van der Waals surface area contributed by atoms with E-state index in [-0.39, 0.29) is 11.9 Å². The first kappa shape index (κ1) is 16.5. The van der Waals surface area contributed by atoms with Crippen molar-refractivity contribution in [2.45, 2.75) is 64.8 Å². The summed E-state index contributed by atoms with van der Waals surface area (Å²) in [5.74, 6) is 0.0752. The number of nitrogens with one attached hydrogen (secondary N) is 1. The molecule has 0 aliphatic carbocycles. The van der Waals surface area contributed by atoms with Gasteiger partial charge in [-0.3, -0.25) is 4.79 Å². The van der Waals surface area contributed by atoms with Gasteiger partial charge in [0.05, 0.1) is 5.41 Å². The molecule has 0 bridgehead atoms. The van der Waals surface area contributed by atoms with Crippen molar-refractivity contribution in [3.8, 4) is 0 Å². The van der Waals surface area contributed by atoms with E-state index >= 15 is 0 Å². The van der Waals surface area contributed by atoms with Crippen LogP contribution < -0.4 is 11.1 Å². The third-order valence-electron chi connectivity index (χ3n) is 3.82. The zero-order valence-corrected chi connectivity index (χ0v) is 13.2. The normalized spacial score (nSPS) is 13.0. The van der Waals surface area contributed by atoms with Gasteiger partial charge in [0.25, 0.3) is 0 Å². The molecule has 20 heavy (non-hydrogen) atoms. The van der Waals surface area contributed by atoms with E-state index in [0.717, 1.165) is 17.7 Å². The summed E-state index contributed by atoms with van der Waals surface area (Å²) in [5.41, 5.74) is 6.87. The summed E-state index contributed by atoms with van der Waals surface area (Å²) >= 11 is 0. The van der Waals surface area contributed by atoms with E-state index in [1.165, 1.54) is 19.3 Å². The van der Waals surface area contributed by atoms with Crippen LogP contribution in [0, 0.1) is 0 Å². The molecule has 0 spiro atoms. The highest BCUT2D eigenvalue weighted by molar-refractivity contribution is 5.87. The molecule has 3 N–H and O–H groups in total. The van der Waals surface area contributed by atoms with Crippen LogP contribution in [-0.2, 0) is 10.2 Å². The summed E-state index contributed by atoms with van der Waals surface area (Å²) in [5, 5.41) is 3.12. The zero-order valence-electron chi connectivity index (χ0n) is 13.2. The molecular formula is C17H28N2O. The van der Waals surface area contributed by atoms with Crippen molar-refractivity contribution in [1.29, 1.82) is 0 Å². The Morgan fingerprint density at radius 3 is 2.40 bits per heavy atom. The average molecular weight is 276 g/mol. The number of rotatable bonds is 7. The average Bonchev–Trinajstić information content (AvgIpc) is 2.39. The maximum atomic E-state index is 12.5. The second-order valence-electron chi connectivity index (χ2n) is 6.12. The van der Waals surface area contributed by atoms with E-state index in [2.05, 4.69) is 19.2 Å². The minimum absolute atomic E-state index is 0.0752. The lowest BCUT2D eigenvalue weighted by molar-refractivity contribution is -0.126. The van der Waals surface area contributed by atoms with Crippen LogP contribution in [-0.4, -0.2) is 11.9 Å². The Morgan fingerprint density at radius 2 is 1.85 bits per heavy atom. The van der Waals surface area contributed by atoms with Crippen molar-refractivity contribution in [3.63, 3.8) is 0 Å². The lowest BCUT2D eigenvalue weighted by Crippen LogP contribution is -2.44. The van der Waals surface area contributed by atoms with E-state index in [1.807, 2.05) is 38.1 Å². The summed E-state index contributed by atoms with van der Waals surface area (Å²) in [6, 6.07) is 7.76. The van der Waals surface area contributed by atoms with Gasteiger partial charge < -0.3 is 11.1 Å². The molecule has 1 aromatic carbocycles. The number of carbonyl (C=O) groups excluding carboxylic acids is 1. The Bertz CT molecular complexity index is 423. The van der Waals surface area contributed by atoms with Gasteiger partial charge in [0.15, 0.2) is 0 Å². The van der Waals surface area contributed by atoms with Crippen LogP contribution in [0.4, 0.5) is 5.69 Å². The van der Waals surface area contributed by atoms with Crippen LogP contribution in [0.15, 0.2) is 24.3 Å². The molecule has 1 amide bonds. The molecule has 1 atom stereocenters. The Balaban J connectivity index is 2.62. The van der Waals surface area contributed by atoms with Crippen molar-refractivity contribution in [3.05, 3.63) is 29.8 Å². The maximum Gasteiger partial charge on any atom is 0.230 e. The van der Waals surface area contributed by atoms with Crippen LogP contribution in [0.2, 0.25) is 0 Å².